The van der Waals surface area contributed by atoms with Gasteiger partial charge in [0.1, 0.15) is 16.7 Å². The highest BCUT2D eigenvalue weighted by molar-refractivity contribution is 7.26. The van der Waals surface area contributed by atoms with E-state index in [1.807, 2.05) is 53.8 Å². The zero-order valence-corrected chi connectivity index (χ0v) is 28.6. The third kappa shape index (κ3) is 4.50. The summed E-state index contributed by atoms with van der Waals surface area (Å²) in [5.41, 5.74) is 9.65. The van der Waals surface area contributed by atoms with E-state index in [4.69, 9.17) is 13.8 Å². The SMILES string of the molecule is c1ccc(-c2nc3ccc4oc5ccc(N(c6ccc(-c7cccc8ccccc78)cc6)c6cccc7sc8ccccc8c67)cc5c4c3o2)cc1. The molecule has 3 aromatic heterocycles. The lowest BCUT2D eigenvalue weighted by Crippen LogP contribution is -2.10. The first-order valence-electron chi connectivity index (χ1n) is 17.4. The average Bonchev–Trinajstić information content (AvgIpc) is 3.92. The summed E-state index contributed by atoms with van der Waals surface area (Å²) < 4.78 is 15.5. The minimum absolute atomic E-state index is 0.595. The molecule has 244 valence electrons. The van der Waals surface area contributed by atoms with Crippen molar-refractivity contribution in [3.63, 3.8) is 0 Å². The summed E-state index contributed by atoms with van der Waals surface area (Å²) in [6.07, 6.45) is 0. The molecular formula is C47H28N2O2S. The highest BCUT2D eigenvalue weighted by atomic mass is 32.1. The van der Waals surface area contributed by atoms with E-state index in [9.17, 15) is 0 Å². The number of hydrogen-bond donors (Lipinski definition) is 0. The molecule has 0 N–H and O–H groups in total. The average molecular weight is 685 g/mol. The molecule has 11 aromatic rings. The molecule has 0 saturated heterocycles. The third-order valence-electron chi connectivity index (χ3n) is 10.1. The second kappa shape index (κ2) is 11.4. The van der Waals surface area contributed by atoms with Gasteiger partial charge in [-0.2, -0.15) is 0 Å². The smallest absolute Gasteiger partial charge is 0.227 e. The normalized spacial score (nSPS) is 11.8. The van der Waals surface area contributed by atoms with Crippen LogP contribution in [-0.4, -0.2) is 4.98 Å². The molecule has 0 aliphatic heterocycles. The van der Waals surface area contributed by atoms with E-state index in [1.165, 1.54) is 42.1 Å². The number of thiophene rings is 1. The minimum atomic E-state index is 0.595. The fourth-order valence-electron chi connectivity index (χ4n) is 7.71. The minimum Gasteiger partial charge on any atom is -0.456 e. The number of nitrogens with zero attached hydrogens (tertiary/aromatic N) is 2. The number of furan rings is 1. The summed E-state index contributed by atoms with van der Waals surface area (Å²) >= 11 is 1.83. The molecule has 0 atom stereocenters. The molecule has 0 fully saturated rings. The molecule has 0 aliphatic carbocycles. The summed E-state index contributed by atoms with van der Waals surface area (Å²) in [6, 6.07) is 59.8. The maximum absolute atomic E-state index is 6.50. The molecule has 8 aromatic carbocycles. The van der Waals surface area contributed by atoms with Crippen molar-refractivity contribution in [2.24, 2.45) is 0 Å². The molecule has 0 saturated carbocycles. The zero-order valence-electron chi connectivity index (χ0n) is 27.8. The molecule has 52 heavy (non-hydrogen) atoms. The second-order valence-corrected chi connectivity index (χ2v) is 14.2. The maximum atomic E-state index is 6.50. The van der Waals surface area contributed by atoms with Crippen LogP contribution in [0.3, 0.4) is 0 Å². The second-order valence-electron chi connectivity index (χ2n) is 13.1. The van der Waals surface area contributed by atoms with Gasteiger partial charge in [-0.1, -0.05) is 97.1 Å². The van der Waals surface area contributed by atoms with Crippen LogP contribution in [0.2, 0.25) is 0 Å². The van der Waals surface area contributed by atoms with Crippen molar-refractivity contribution in [2.45, 2.75) is 0 Å². The topological polar surface area (TPSA) is 42.4 Å². The summed E-state index contributed by atoms with van der Waals surface area (Å²) in [7, 11) is 0. The number of aromatic nitrogens is 1. The molecule has 11 rings (SSSR count). The van der Waals surface area contributed by atoms with Crippen molar-refractivity contribution < 1.29 is 8.83 Å². The van der Waals surface area contributed by atoms with E-state index in [-0.39, 0.29) is 0 Å². The van der Waals surface area contributed by atoms with Crippen LogP contribution in [0.15, 0.2) is 179 Å². The molecule has 0 aliphatic rings. The molecule has 0 amide bonds. The predicted octanol–water partition coefficient (Wildman–Crippen LogP) is 14.1. The quantitative estimate of drug-likeness (QED) is 0.181. The van der Waals surface area contributed by atoms with E-state index >= 15 is 0 Å². The van der Waals surface area contributed by atoms with E-state index < -0.39 is 0 Å². The van der Waals surface area contributed by atoms with Gasteiger partial charge in [0, 0.05) is 42.5 Å². The Morgan fingerprint density at radius 3 is 2.12 bits per heavy atom. The van der Waals surface area contributed by atoms with Crippen molar-refractivity contribution in [3.8, 4) is 22.6 Å². The monoisotopic (exact) mass is 684 g/mol. The Hall–Kier alpha value is -6.69. The van der Waals surface area contributed by atoms with Crippen molar-refractivity contribution in [2.75, 3.05) is 4.90 Å². The van der Waals surface area contributed by atoms with E-state index in [2.05, 4.69) is 132 Å². The number of benzene rings is 8. The number of hydrogen-bond acceptors (Lipinski definition) is 5. The van der Waals surface area contributed by atoms with Gasteiger partial charge in [-0.15, -0.1) is 11.3 Å². The highest BCUT2D eigenvalue weighted by Crippen LogP contribution is 2.47. The Morgan fingerprint density at radius 1 is 0.481 bits per heavy atom. The fraction of sp³-hybridized carbons (Fsp3) is 0. The zero-order chi connectivity index (χ0) is 34.2. The molecule has 0 unspecified atom stereocenters. The third-order valence-corrected chi connectivity index (χ3v) is 11.2. The number of fused-ring (bicyclic) bond motifs is 9. The summed E-state index contributed by atoms with van der Waals surface area (Å²) in [4.78, 5) is 7.24. The first-order valence-corrected chi connectivity index (χ1v) is 18.2. The van der Waals surface area contributed by atoms with Crippen LogP contribution in [0, 0.1) is 0 Å². The van der Waals surface area contributed by atoms with Gasteiger partial charge in [0.15, 0.2) is 5.58 Å². The lowest BCUT2D eigenvalue weighted by molar-refractivity contribution is 0.622. The molecule has 3 heterocycles. The molecular weight excluding hydrogens is 657 g/mol. The molecule has 0 bridgehead atoms. The van der Waals surface area contributed by atoms with E-state index in [0.717, 1.165) is 55.7 Å². The van der Waals surface area contributed by atoms with Crippen LogP contribution in [0.4, 0.5) is 17.1 Å². The Bertz CT molecular complexity index is 3130. The fourth-order valence-corrected chi connectivity index (χ4v) is 8.84. The molecule has 4 nitrogen and oxygen atoms in total. The van der Waals surface area contributed by atoms with Crippen molar-refractivity contribution in [1.82, 2.24) is 4.98 Å². The van der Waals surface area contributed by atoms with Crippen LogP contribution in [-0.2, 0) is 0 Å². The van der Waals surface area contributed by atoms with Gasteiger partial charge in [0.25, 0.3) is 0 Å². The summed E-state index contributed by atoms with van der Waals surface area (Å²) in [5.74, 6) is 0.595. The lowest BCUT2D eigenvalue weighted by Gasteiger charge is -2.27. The van der Waals surface area contributed by atoms with Crippen molar-refractivity contribution in [1.29, 1.82) is 0 Å². The van der Waals surface area contributed by atoms with Crippen LogP contribution in [0.5, 0.6) is 0 Å². The first kappa shape index (κ1) is 29.1. The van der Waals surface area contributed by atoms with Gasteiger partial charge in [-0.3, -0.25) is 0 Å². The predicted molar refractivity (Wildman–Crippen MR) is 217 cm³/mol. The van der Waals surface area contributed by atoms with Gasteiger partial charge >= 0.3 is 0 Å². The van der Waals surface area contributed by atoms with Crippen LogP contribution in [0.25, 0.3) is 86.6 Å². The molecule has 0 radical (unpaired) electrons. The van der Waals surface area contributed by atoms with E-state index in [0.29, 0.717) is 5.89 Å². The number of rotatable bonds is 5. The maximum Gasteiger partial charge on any atom is 0.227 e. The van der Waals surface area contributed by atoms with E-state index in [1.54, 1.807) is 0 Å². The summed E-state index contributed by atoms with van der Waals surface area (Å²) in [6.45, 7) is 0. The van der Waals surface area contributed by atoms with Gasteiger partial charge in [-0.25, -0.2) is 4.98 Å². The first-order chi connectivity index (χ1) is 25.8. The van der Waals surface area contributed by atoms with Crippen LogP contribution >= 0.6 is 11.3 Å². The van der Waals surface area contributed by atoms with Gasteiger partial charge < -0.3 is 13.7 Å². The summed E-state index contributed by atoms with van der Waals surface area (Å²) in [5, 5.41) is 6.88. The van der Waals surface area contributed by atoms with Crippen LogP contribution < -0.4 is 4.90 Å². The Labute approximate surface area is 302 Å². The van der Waals surface area contributed by atoms with Crippen LogP contribution in [0.1, 0.15) is 0 Å². The van der Waals surface area contributed by atoms with Gasteiger partial charge in [0.05, 0.1) is 11.1 Å². The Balaban J connectivity index is 1.14. The van der Waals surface area contributed by atoms with Crippen molar-refractivity contribution in [3.05, 3.63) is 170 Å². The highest BCUT2D eigenvalue weighted by Gasteiger charge is 2.22. The standard InChI is InChI=1S/C47H28N2O2S/c1-2-11-31(12-3-1)47-48-38-25-27-41-45(46(38)51-47)37-28-33(24-26-40(37)50-41)49(39-17-9-19-43-44(39)36-15-6-7-18-42(36)52-43)32-22-20-30(21-23-32)35-16-8-13-29-10-4-5-14-34(29)35/h1-28H. The lowest BCUT2D eigenvalue weighted by atomic mass is 9.98. The number of anilines is 3. The largest absolute Gasteiger partial charge is 0.456 e. The number of oxazole rings is 1. The van der Waals surface area contributed by atoms with Gasteiger partial charge in [-0.05, 0) is 94.7 Å². The Morgan fingerprint density at radius 2 is 1.21 bits per heavy atom. The molecule has 0 spiro atoms. The van der Waals surface area contributed by atoms with Crippen molar-refractivity contribution >= 4 is 92.4 Å². The molecule has 5 heteroatoms. The van der Waals surface area contributed by atoms with Gasteiger partial charge in [0.2, 0.25) is 5.89 Å². The Kier molecular flexibility index (Phi) is 6.39.